The Morgan fingerprint density at radius 3 is 3.15 bits per heavy atom. The summed E-state index contributed by atoms with van der Waals surface area (Å²) in [6.07, 6.45) is 2.45. The number of aliphatic hydroxyl groups excluding tert-OH is 1. The number of aliphatic hydroxyl groups is 1. The number of hydrogen-bond donors (Lipinski definition) is 2. The van der Waals surface area contributed by atoms with Crippen molar-refractivity contribution < 1.29 is 9.90 Å². The van der Waals surface area contributed by atoms with E-state index < -0.39 is 6.10 Å². The van der Waals surface area contributed by atoms with Gasteiger partial charge in [0.2, 0.25) is 5.91 Å². The summed E-state index contributed by atoms with van der Waals surface area (Å²) in [4.78, 5) is 13.7. The maximum absolute atomic E-state index is 12.3. The topological polar surface area (TPSA) is 49.3 Å². The minimum absolute atomic E-state index is 0.0404. The van der Waals surface area contributed by atoms with Gasteiger partial charge in [0.05, 0.1) is 12.0 Å². The molecule has 2 unspecified atom stereocenters. The van der Waals surface area contributed by atoms with Crippen LogP contribution < -0.4 is 5.32 Å². The summed E-state index contributed by atoms with van der Waals surface area (Å²) in [7, 11) is 0. The summed E-state index contributed by atoms with van der Waals surface area (Å²) < 4.78 is 0. The molecule has 2 N–H and O–H groups in total. The lowest BCUT2D eigenvalue weighted by Crippen LogP contribution is -2.33. The minimum atomic E-state index is -0.615. The molecule has 0 saturated carbocycles. The van der Waals surface area contributed by atoms with Crippen molar-refractivity contribution in [3.8, 4) is 0 Å². The fourth-order valence-corrected chi connectivity index (χ4v) is 4.36. The Balaban J connectivity index is 1.61. The first-order valence-electron chi connectivity index (χ1n) is 6.80. The number of thiophene rings is 2. The third-order valence-electron chi connectivity index (χ3n) is 3.77. The van der Waals surface area contributed by atoms with Crippen molar-refractivity contribution in [2.75, 3.05) is 6.54 Å². The Kier molecular flexibility index (Phi) is 4.19. The molecule has 0 spiro atoms. The molecule has 5 heteroatoms. The zero-order chi connectivity index (χ0) is 13.9. The van der Waals surface area contributed by atoms with Crippen LogP contribution in [0.15, 0.2) is 28.3 Å². The summed E-state index contributed by atoms with van der Waals surface area (Å²) >= 11 is 3.29. The Morgan fingerprint density at radius 2 is 2.35 bits per heavy atom. The molecule has 0 aromatic carbocycles. The average molecular weight is 307 g/mol. The van der Waals surface area contributed by atoms with Gasteiger partial charge in [-0.2, -0.15) is 11.3 Å². The third kappa shape index (κ3) is 2.80. The van der Waals surface area contributed by atoms with E-state index in [1.54, 1.807) is 22.7 Å². The van der Waals surface area contributed by atoms with Crippen LogP contribution in [-0.4, -0.2) is 17.6 Å². The summed E-state index contributed by atoms with van der Waals surface area (Å²) in [5, 5.41) is 18.8. The number of amides is 1. The van der Waals surface area contributed by atoms with Crippen LogP contribution >= 0.6 is 22.7 Å². The van der Waals surface area contributed by atoms with Crippen molar-refractivity contribution >= 4 is 28.6 Å². The number of carbonyl (C=O) groups excluding carboxylic acids is 1. The fraction of sp³-hybridized carbons (Fsp3) is 0.400. The molecule has 2 aromatic heterocycles. The lowest BCUT2D eigenvalue weighted by Gasteiger charge is -2.22. The van der Waals surface area contributed by atoms with Gasteiger partial charge in [0, 0.05) is 11.4 Å². The van der Waals surface area contributed by atoms with E-state index >= 15 is 0 Å². The van der Waals surface area contributed by atoms with Gasteiger partial charge in [-0.25, -0.2) is 0 Å². The molecule has 106 valence electrons. The molecule has 1 amide bonds. The smallest absolute Gasteiger partial charge is 0.227 e. The molecule has 2 aromatic rings. The fourth-order valence-electron chi connectivity index (χ4n) is 2.66. The van der Waals surface area contributed by atoms with Gasteiger partial charge in [-0.1, -0.05) is 0 Å². The molecule has 3 rings (SSSR count). The first-order chi connectivity index (χ1) is 9.75. The van der Waals surface area contributed by atoms with Gasteiger partial charge in [0.15, 0.2) is 0 Å². The molecule has 0 aliphatic heterocycles. The van der Waals surface area contributed by atoms with Gasteiger partial charge in [-0.15, -0.1) is 11.3 Å². The van der Waals surface area contributed by atoms with Gasteiger partial charge < -0.3 is 10.4 Å². The van der Waals surface area contributed by atoms with Crippen molar-refractivity contribution in [2.45, 2.75) is 31.3 Å². The maximum atomic E-state index is 12.3. The first-order valence-corrected chi connectivity index (χ1v) is 8.62. The summed E-state index contributed by atoms with van der Waals surface area (Å²) in [6, 6.07) is 3.96. The number of rotatable bonds is 4. The van der Waals surface area contributed by atoms with Gasteiger partial charge in [-0.05, 0) is 58.7 Å². The molecule has 0 radical (unpaired) electrons. The van der Waals surface area contributed by atoms with Crippen LogP contribution in [0.25, 0.3) is 0 Å². The van der Waals surface area contributed by atoms with Crippen LogP contribution in [0.1, 0.15) is 40.9 Å². The number of fused-ring (bicyclic) bond motifs is 1. The Hall–Kier alpha value is -1.17. The second kappa shape index (κ2) is 6.08. The predicted molar refractivity (Wildman–Crippen MR) is 82.3 cm³/mol. The van der Waals surface area contributed by atoms with Crippen molar-refractivity contribution in [1.29, 1.82) is 0 Å². The maximum Gasteiger partial charge on any atom is 0.227 e. The van der Waals surface area contributed by atoms with E-state index in [0.717, 1.165) is 24.8 Å². The molecule has 1 aliphatic carbocycles. The third-order valence-corrected chi connectivity index (χ3v) is 5.46. The molecule has 20 heavy (non-hydrogen) atoms. The van der Waals surface area contributed by atoms with Crippen molar-refractivity contribution in [3.63, 3.8) is 0 Å². The Morgan fingerprint density at radius 1 is 1.45 bits per heavy atom. The summed E-state index contributed by atoms with van der Waals surface area (Å²) in [6.45, 7) is 0.283. The number of hydrogen-bond acceptors (Lipinski definition) is 4. The lowest BCUT2D eigenvalue weighted by molar-refractivity contribution is -0.123. The molecule has 0 fully saturated rings. The molecular weight excluding hydrogens is 290 g/mol. The van der Waals surface area contributed by atoms with Crippen molar-refractivity contribution in [2.24, 2.45) is 0 Å². The molecule has 0 saturated heterocycles. The van der Waals surface area contributed by atoms with Gasteiger partial charge in [0.1, 0.15) is 0 Å². The highest BCUT2D eigenvalue weighted by Crippen LogP contribution is 2.35. The van der Waals surface area contributed by atoms with E-state index in [9.17, 15) is 9.90 Å². The Labute approximate surface area is 126 Å². The molecule has 2 heterocycles. The highest BCUT2D eigenvalue weighted by atomic mass is 32.1. The van der Waals surface area contributed by atoms with Gasteiger partial charge in [0.25, 0.3) is 0 Å². The van der Waals surface area contributed by atoms with Crippen molar-refractivity contribution in [3.05, 3.63) is 44.3 Å². The number of aryl methyl sites for hydroxylation is 1. The van der Waals surface area contributed by atoms with Crippen LogP contribution in [0.3, 0.4) is 0 Å². The second-order valence-electron chi connectivity index (χ2n) is 5.06. The van der Waals surface area contributed by atoms with Crippen LogP contribution in [0.4, 0.5) is 0 Å². The second-order valence-corrected chi connectivity index (χ2v) is 6.84. The predicted octanol–water partition coefficient (Wildman–Crippen LogP) is 3.08. The van der Waals surface area contributed by atoms with E-state index in [-0.39, 0.29) is 18.4 Å². The van der Waals surface area contributed by atoms with Gasteiger partial charge in [-0.3, -0.25) is 4.79 Å². The summed E-state index contributed by atoms with van der Waals surface area (Å²) in [5.74, 6) is -0.00157. The standard InChI is InChI=1S/C15H17NO2S2/c17-13(10-4-6-19-9-10)8-16-15(18)12-2-1-3-14-11(12)5-7-20-14/h4-7,9,12-13,17H,1-3,8H2,(H,16,18). The molecule has 0 bridgehead atoms. The minimum Gasteiger partial charge on any atom is -0.387 e. The van der Waals surface area contributed by atoms with Crippen LogP contribution in [0.5, 0.6) is 0 Å². The van der Waals surface area contributed by atoms with E-state index in [1.165, 1.54) is 10.4 Å². The number of nitrogens with one attached hydrogen (secondary N) is 1. The largest absolute Gasteiger partial charge is 0.387 e. The quantitative estimate of drug-likeness (QED) is 0.912. The molecule has 2 atom stereocenters. The average Bonchev–Trinajstić information content (AvgIpc) is 3.13. The highest BCUT2D eigenvalue weighted by molar-refractivity contribution is 7.10. The van der Waals surface area contributed by atoms with Gasteiger partial charge >= 0.3 is 0 Å². The lowest BCUT2D eigenvalue weighted by atomic mass is 9.87. The molecule has 3 nitrogen and oxygen atoms in total. The van der Waals surface area contributed by atoms with Crippen LogP contribution in [-0.2, 0) is 11.2 Å². The zero-order valence-corrected chi connectivity index (χ0v) is 12.7. The van der Waals surface area contributed by atoms with Crippen LogP contribution in [0, 0.1) is 0 Å². The number of carbonyl (C=O) groups is 1. The van der Waals surface area contributed by atoms with E-state index in [2.05, 4.69) is 16.8 Å². The molecule has 1 aliphatic rings. The monoisotopic (exact) mass is 307 g/mol. The summed E-state index contributed by atoms with van der Waals surface area (Å²) in [5.41, 5.74) is 2.05. The molecular formula is C15H17NO2S2. The van der Waals surface area contributed by atoms with E-state index in [4.69, 9.17) is 0 Å². The van der Waals surface area contributed by atoms with E-state index in [1.807, 2.05) is 16.8 Å². The Bertz CT molecular complexity index is 576. The van der Waals surface area contributed by atoms with E-state index in [0.29, 0.717) is 0 Å². The SMILES string of the molecule is O=C(NCC(O)c1ccsc1)C1CCCc2sccc21. The normalized spacial score (nSPS) is 19.4. The van der Waals surface area contributed by atoms with Crippen LogP contribution in [0.2, 0.25) is 0 Å². The zero-order valence-electron chi connectivity index (χ0n) is 11.0. The first kappa shape index (κ1) is 13.8. The highest BCUT2D eigenvalue weighted by Gasteiger charge is 2.27. The van der Waals surface area contributed by atoms with Crippen molar-refractivity contribution in [1.82, 2.24) is 5.32 Å².